The van der Waals surface area contributed by atoms with Crippen molar-refractivity contribution in [3.8, 4) is 0 Å². The van der Waals surface area contributed by atoms with Gasteiger partial charge in [0.15, 0.2) is 0 Å². The zero-order valence-corrected chi connectivity index (χ0v) is 13.5. The van der Waals surface area contributed by atoms with Crippen molar-refractivity contribution in [2.75, 3.05) is 13.1 Å². The van der Waals surface area contributed by atoms with Crippen LogP contribution in [0.1, 0.15) is 38.2 Å². The van der Waals surface area contributed by atoms with Gasteiger partial charge in [-0.15, -0.1) is 0 Å². The van der Waals surface area contributed by atoms with Gasteiger partial charge in [0, 0.05) is 41.3 Å². The first kappa shape index (κ1) is 14.5. The van der Waals surface area contributed by atoms with Crippen molar-refractivity contribution in [1.82, 2.24) is 10.2 Å². The molecule has 1 unspecified atom stereocenters. The van der Waals surface area contributed by atoms with Crippen molar-refractivity contribution in [2.45, 2.75) is 50.7 Å². The van der Waals surface area contributed by atoms with Crippen LogP contribution in [0.25, 0.3) is 0 Å². The van der Waals surface area contributed by atoms with Gasteiger partial charge in [0.05, 0.1) is 0 Å². The maximum absolute atomic E-state index is 14.0. The third-order valence-electron chi connectivity index (χ3n) is 4.85. The number of rotatable bonds is 2. The Bertz CT molecular complexity index is 485. The number of benzene rings is 1. The molecule has 1 heterocycles. The van der Waals surface area contributed by atoms with Crippen molar-refractivity contribution in [1.29, 1.82) is 0 Å². The van der Waals surface area contributed by atoms with Crippen LogP contribution in [-0.4, -0.2) is 29.6 Å². The van der Waals surface area contributed by atoms with Crippen molar-refractivity contribution < 1.29 is 4.39 Å². The Balaban J connectivity index is 1.84. The van der Waals surface area contributed by atoms with Crippen LogP contribution < -0.4 is 5.32 Å². The van der Waals surface area contributed by atoms with Gasteiger partial charge in [-0.25, -0.2) is 4.39 Å². The summed E-state index contributed by atoms with van der Waals surface area (Å²) in [6.07, 6.45) is 5.08. The molecule has 3 rings (SSSR count). The maximum atomic E-state index is 14.0. The molecule has 2 fully saturated rings. The molecule has 1 aromatic rings. The quantitative estimate of drug-likeness (QED) is 0.883. The Morgan fingerprint density at radius 1 is 1.40 bits per heavy atom. The van der Waals surface area contributed by atoms with Crippen LogP contribution in [0.15, 0.2) is 22.7 Å². The monoisotopic (exact) mass is 340 g/mol. The molecule has 1 N–H and O–H groups in total. The number of nitrogens with zero attached hydrogens (tertiary/aromatic N) is 1. The molecule has 0 amide bonds. The Morgan fingerprint density at radius 3 is 2.90 bits per heavy atom. The van der Waals surface area contributed by atoms with Crippen molar-refractivity contribution in [2.24, 2.45) is 0 Å². The fourth-order valence-electron chi connectivity index (χ4n) is 3.69. The first-order valence-corrected chi connectivity index (χ1v) is 8.31. The van der Waals surface area contributed by atoms with Crippen LogP contribution in [0.2, 0.25) is 0 Å². The standard InChI is InChI=1S/C16H22BrFN2/c1-12-9-20(16(11-19-12)6-2-3-7-16)10-13-8-14(17)4-5-15(13)18/h4-5,8,12,19H,2-3,6-7,9-11H2,1H3. The number of piperazine rings is 1. The topological polar surface area (TPSA) is 15.3 Å². The molecule has 0 aromatic heterocycles. The van der Waals surface area contributed by atoms with Gasteiger partial charge in [0.25, 0.3) is 0 Å². The molecule has 2 aliphatic rings. The number of nitrogens with one attached hydrogen (secondary N) is 1. The van der Waals surface area contributed by atoms with Crippen molar-refractivity contribution in [3.05, 3.63) is 34.1 Å². The van der Waals surface area contributed by atoms with Crippen molar-refractivity contribution >= 4 is 15.9 Å². The molecule has 1 saturated heterocycles. The van der Waals surface area contributed by atoms with Gasteiger partial charge in [-0.3, -0.25) is 4.90 Å². The van der Waals surface area contributed by atoms with Gasteiger partial charge in [-0.2, -0.15) is 0 Å². The zero-order chi connectivity index (χ0) is 14.2. The number of halogens is 2. The third-order valence-corrected chi connectivity index (χ3v) is 5.34. The van der Waals surface area contributed by atoms with E-state index in [0.717, 1.165) is 29.7 Å². The van der Waals surface area contributed by atoms with Crippen LogP contribution in [0.5, 0.6) is 0 Å². The second-order valence-electron chi connectivity index (χ2n) is 6.33. The molecule has 1 aromatic carbocycles. The summed E-state index contributed by atoms with van der Waals surface area (Å²) < 4.78 is 15.0. The third kappa shape index (κ3) is 2.78. The van der Waals surface area contributed by atoms with Crippen molar-refractivity contribution in [3.63, 3.8) is 0 Å². The van der Waals surface area contributed by atoms with E-state index in [2.05, 4.69) is 33.1 Å². The first-order valence-electron chi connectivity index (χ1n) is 7.51. The second-order valence-corrected chi connectivity index (χ2v) is 7.25. The maximum Gasteiger partial charge on any atom is 0.127 e. The molecular weight excluding hydrogens is 319 g/mol. The molecule has 1 atom stereocenters. The lowest BCUT2D eigenvalue weighted by molar-refractivity contribution is 0.0384. The van der Waals surface area contributed by atoms with E-state index in [1.165, 1.54) is 25.7 Å². The summed E-state index contributed by atoms with van der Waals surface area (Å²) in [6, 6.07) is 5.73. The molecular formula is C16H22BrFN2. The lowest BCUT2D eigenvalue weighted by Crippen LogP contribution is -2.62. The molecule has 1 saturated carbocycles. The Labute approximate surface area is 128 Å². The van der Waals surface area contributed by atoms with E-state index in [4.69, 9.17) is 0 Å². The van der Waals surface area contributed by atoms with Gasteiger partial charge in [0.2, 0.25) is 0 Å². The average Bonchev–Trinajstić information content (AvgIpc) is 2.88. The highest BCUT2D eigenvalue weighted by molar-refractivity contribution is 9.10. The molecule has 2 nitrogen and oxygen atoms in total. The summed E-state index contributed by atoms with van der Waals surface area (Å²) in [6.45, 7) is 4.99. The van der Waals surface area contributed by atoms with Crippen LogP contribution in [0.4, 0.5) is 4.39 Å². The number of hydrogen-bond acceptors (Lipinski definition) is 2. The smallest absolute Gasteiger partial charge is 0.127 e. The van der Waals surface area contributed by atoms with Crippen LogP contribution in [-0.2, 0) is 6.54 Å². The summed E-state index contributed by atoms with van der Waals surface area (Å²) in [4.78, 5) is 2.52. The fraction of sp³-hybridized carbons (Fsp3) is 0.625. The minimum Gasteiger partial charge on any atom is -0.311 e. The van der Waals surface area contributed by atoms with Gasteiger partial charge < -0.3 is 5.32 Å². The highest BCUT2D eigenvalue weighted by Crippen LogP contribution is 2.38. The minimum absolute atomic E-state index is 0.0902. The summed E-state index contributed by atoms with van der Waals surface area (Å²) in [5.41, 5.74) is 1.06. The van der Waals surface area contributed by atoms with Gasteiger partial charge >= 0.3 is 0 Å². The summed E-state index contributed by atoms with van der Waals surface area (Å²) in [5.74, 6) is -0.0902. The lowest BCUT2D eigenvalue weighted by Gasteiger charge is -2.48. The van der Waals surface area contributed by atoms with Crippen LogP contribution in [0.3, 0.4) is 0 Å². The Kier molecular flexibility index (Phi) is 4.16. The van der Waals surface area contributed by atoms with E-state index in [1.807, 2.05) is 6.07 Å². The molecule has 4 heteroatoms. The normalized spacial score (nSPS) is 26.2. The predicted molar refractivity (Wildman–Crippen MR) is 83.2 cm³/mol. The van der Waals surface area contributed by atoms with Gasteiger partial charge in [0.1, 0.15) is 5.82 Å². The fourth-order valence-corrected chi connectivity index (χ4v) is 4.10. The molecule has 1 aliphatic carbocycles. The molecule has 0 radical (unpaired) electrons. The van der Waals surface area contributed by atoms with E-state index in [-0.39, 0.29) is 11.4 Å². The molecule has 1 aliphatic heterocycles. The largest absolute Gasteiger partial charge is 0.311 e. The SMILES string of the molecule is CC1CN(Cc2cc(Br)ccc2F)C2(CCCC2)CN1. The Hall–Kier alpha value is -0.450. The second kappa shape index (κ2) is 5.74. The Morgan fingerprint density at radius 2 is 2.15 bits per heavy atom. The highest BCUT2D eigenvalue weighted by Gasteiger charge is 2.42. The van der Waals surface area contributed by atoms with E-state index >= 15 is 0 Å². The first-order chi connectivity index (χ1) is 9.59. The molecule has 110 valence electrons. The zero-order valence-electron chi connectivity index (χ0n) is 12.0. The summed E-state index contributed by atoms with van der Waals surface area (Å²) in [7, 11) is 0. The van der Waals surface area contributed by atoms with Crippen LogP contribution in [0, 0.1) is 5.82 Å². The average molecular weight is 341 g/mol. The van der Waals surface area contributed by atoms with Gasteiger partial charge in [-0.1, -0.05) is 28.8 Å². The summed E-state index contributed by atoms with van der Waals surface area (Å²) >= 11 is 3.45. The van der Waals surface area contributed by atoms with Gasteiger partial charge in [-0.05, 0) is 38.0 Å². The lowest BCUT2D eigenvalue weighted by atomic mass is 9.90. The number of hydrogen-bond donors (Lipinski definition) is 1. The minimum atomic E-state index is -0.0902. The highest BCUT2D eigenvalue weighted by atomic mass is 79.9. The van der Waals surface area contributed by atoms with E-state index in [1.54, 1.807) is 12.1 Å². The molecule has 20 heavy (non-hydrogen) atoms. The van der Waals surface area contributed by atoms with E-state index < -0.39 is 0 Å². The van der Waals surface area contributed by atoms with Crippen LogP contribution >= 0.6 is 15.9 Å². The van der Waals surface area contributed by atoms with E-state index in [0.29, 0.717) is 6.04 Å². The predicted octanol–water partition coefficient (Wildman–Crippen LogP) is 3.69. The summed E-state index contributed by atoms with van der Waals surface area (Å²) in [5, 5.41) is 3.61. The molecule has 0 bridgehead atoms. The molecule has 1 spiro atoms. The van der Waals surface area contributed by atoms with E-state index in [9.17, 15) is 4.39 Å².